The molecule has 1 heterocycles. The van der Waals surface area contributed by atoms with Crippen molar-refractivity contribution < 1.29 is 24.6 Å². The van der Waals surface area contributed by atoms with Crippen molar-refractivity contribution in [3.63, 3.8) is 0 Å². The fourth-order valence-corrected chi connectivity index (χ4v) is 3.03. The van der Waals surface area contributed by atoms with Crippen LogP contribution in [-0.4, -0.2) is 56.4 Å². The van der Waals surface area contributed by atoms with Crippen LogP contribution < -0.4 is 22.1 Å². The van der Waals surface area contributed by atoms with E-state index in [-0.39, 0.29) is 11.4 Å². The van der Waals surface area contributed by atoms with E-state index in [0.717, 1.165) is 11.3 Å². The summed E-state index contributed by atoms with van der Waals surface area (Å²) in [5, 5.41) is 32.2. The molecule has 146 valence electrons. The predicted octanol–water partition coefficient (Wildman–Crippen LogP) is -1.53. The minimum absolute atomic E-state index is 0.259. The van der Waals surface area contributed by atoms with Gasteiger partial charge in [-0.15, -0.1) is 10.2 Å². The predicted molar refractivity (Wildman–Crippen MR) is 92.9 cm³/mol. The minimum Gasteiger partial charge on any atom is -0.391 e. The lowest BCUT2D eigenvalue weighted by atomic mass is 10.1. The molecule has 1 aromatic rings. The Morgan fingerprint density at radius 1 is 1.12 bits per heavy atom. The maximum atomic E-state index is 12.1. The van der Waals surface area contributed by atoms with Crippen molar-refractivity contribution in [3.05, 3.63) is 10.0 Å². The standard InChI is InChI=1S/C14H24N6O5S/c1-5(21)10(16)13-20-19-12(26-13)8(4-9(15)24)17-14(25)18-11(6(2)22)7(3)23/h5-6,8,10-11,21-22H,4,16H2,1-3H3,(H2,15,24)(H2,17,18,25)/t5?,6?,8-,10-,11-/m0/s1. The number of carbonyl (C=O) groups excluding carboxylic acids is 3. The number of urea groups is 1. The third-order valence-electron chi connectivity index (χ3n) is 3.48. The van der Waals surface area contributed by atoms with E-state index in [9.17, 15) is 24.6 Å². The number of nitrogens with one attached hydrogen (secondary N) is 2. The summed E-state index contributed by atoms with van der Waals surface area (Å²) in [6.07, 6.45) is -2.21. The van der Waals surface area contributed by atoms with E-state index < -0.39 is 48.1 Å². The SMILES string of the molecule is CC(=O)[C@@H](NC(=O)N[C@@H](CC(N)=O)c1nnc([C@@H](N)C(C)O)s1)C(C)O. The third kappa shape index (κ3) is 6.29. The number of Topliss-reactive ketones (excluding diaryl/α,β-unsaturated/α-hetero) is 1. The molecule has 0 aromatic carbocycles. The Labute approximate surface area is 154 Å². The molecule has 0 aliphatic rings. The van der Waals surface area contributed by atoms with Crippen LogP contribution in [0.4, 0.5) is 4.79 Å². The highest BCUT2D eigenvalue weighted by Gasteiger charge is 2.27. The maximum absolute atomic E-state index is 12.1. The molecular formula is C14H24N6O5S. The van der Waals surface area contributed by atoms with Crippen molar-refractivity contribution in [3.8, 4) is 0 Å². The number of aliphatic hydroxyl groups is 2. The van der Waals surface area contributed by atoms with Crippen molar-refractivity contribution in [1.82, 2.24) is 20.8 Å². The Kier molecular flexibility index (Phi) is 8.02. The largest absolute Gasteiger partial charge is 0.391 e. The summed E-state index contributed by atoms with van der Waals surface area (Å²) in [5.41, 5.74) is 11.0. The molecule has 5 atom stereocenters. The molecule has 0 aliphatic heterocycles. The lowest BCUT2D eigenvalue weighted by Gasteiger charge is -2.21. The number of hydrogen-bond donors (Lipinski definition) is 6. The summed E-state index contributed by atoms with van der Waals surface area (Å²) in [7, 11) is 0. The van der Waals surface area contributed by atoms with Gasteiger partial charge < -0.3 is 32.3 Å². The van der Waals surface area contributed by atoms with Gasteiger partial charge in [0.2, 0.25) is 5.91 Å². The van der Waals surface area contributed by atoms with E-state index >= 15 is 0 Å². The first-order valence-electron chi connectivity index (χ1n) is 7.83. The number of carbonyl (C=O) groups is 3. The Morgan fingerprint density at radius 2 is 1.69 bits per heavy atom. The van der Waals surface area contributed by atoms with Gasteiger partial charge in [-0.05, 0) is 20.8 Å². The average Bonchev–Trinajstić information content (AvgIpc) is 2.99. The summed E-state index contributed by atoms with van der Waals surface area (Å²) < 4.78 is 0. The van der Waals surface area contributed by atoms with Crippen molar-refractivity contribution in [2.75, 3.05) is 0 Å². The molecule has 12 heteroatoms. The van der Waals surface area contributed by atoms with Gasteiger partial charge in [0.1, 0.15) is 16.1 Å². The number of aliphatic hydroxyl groups excluding tert-OH is 2. The van der Waals surface area contributed by atoms with Gasteiger partial charge in [0.25, 0.3) is 0 Å². The van der Waals surface area contributed by atoms with Crippen LogP contribution in [0.3, 0.4) is 0 Å². The van der Waals surface area contributed by atoms with Crippen LogP contribution in [0.1, 0.15) is 49.3 Å². The molecule has 0 fully saturated rings. The van der Waals surface area contributed by atoms with E-state index in [1.165, 1.54) is 20.8 Å². The minimum atomic E-state index is -1.10. The number of rotatable bonds is 9. The van der Waals surface area contributed by atoms with Gasteiger partial charge in [-0.1, -0.05) is 11.3 Å². The molecule has 1 aromatic heterocycles. The molecule has 2 unspecified atom stereocenters. The second kappa shape index (κ2) is 9.52. The first kappa shape index (κ1) is 21.9. The molecule has 11 nitrogen and oxygen atoms in total. The van der Waals surface area contributed by atoms with E-state index in [1.807, 2.05) is 0 Å². The molecule has 0 bridgehead atoms. The number of amides is 3. The van der Waals surface area contributed by atoms with E-state index in [2.05, 4.69) is 20.8 Å². The fraction of sp³-hybridized carbons (Fsp3) is 0.643. The maximum Gasteiger partial charge on any atom is 0.316 e. The first-order valence-corrected chi connectivity index (χ1v) is 8.65. The highest BCUT2D eigenvalue weighted by atomic mass is 32.1. The monoisotopic (exact) mass is 388 g/mol. The summed E-state index contributed by atoms with van der Waals surface area (Å²) in [4.78, 5) is 34.9. The smallest absolute Gasteiger partial charge is 0.316 e. The van der Waals surface area contributed by atoms with Crippen molar-refractivity contribution in [2.45, 2.75) is 57.5 Å². The summed E-state index contributed by atoms with van der Waals surface area (Å²) in [5.74, 6) is -1.12. The average molecular weight is 388 g/mol. The zero-order valence-corrected chi connectivity index (χ0v) is 15.5. The molecule has 0 saturated carbocycles. The Hall–Kier alpha value is -2.15. The van der Waals surface area contributed by atoms with Crippen molar-refractivity contribution >= 4 is 29.1 Å². The molecule has 3 amide bonds. The normalized spacial score (nSPS) is 16.8. The number of nitrogens with zero attached hydrogens (tertiary/aromatic N) is 2. The number of nitrogens with two attached hydrogens (primary N) is 2. The number of ketones is 1. The molecule has 26 heavy (non-hydrogen) atoms. The molecule has 0 spiro atoms. The molecule has 0 saturated heterocycles. The molecule has 0 radical (unpaired) electrons. The van der Waals surface area contributed by atoms with E-state index in [4.69, 9.17) is 11.5 Å². The number of aromatic nitrogens is 2. The lowest BCUT2D eigenvalue weighted by molar-refractivity contribution is -0.121. The Morgan fingerprint density at radius 3 is 2.15 bits per heavy atom. The quantitative estimate of drug-likeness (QED) is 0.293. The van der Waals surface area contributed by atoms with Crippen LogP contribution in [0.15, 0.2) is 0 Å². The molecular weight excluding hydrogens is 364 g/mol. The molecule has 0 aliphatic carbocycles. The van der Waals surface area contributed by atoms with E-state index in [1.54, 1.807) is 0 Å². The summed E-state index contributed by atoms with van der Waals surface area (Å²) in [6, 6.07) is -3.55. The van der Waals surface area contributed by atoms with Gasteiger partial charge in [0.15, 0.2) is 5.78 Å². The zero-order valence-electron chi connectivity index (χ0n) is 14.7. The lowest BCUT2D eigenvalue weighted by Crippen LogP contribution is -2.51. The second-order valence-electron chi connectivity index (χ2n) is 5.91. The van der Waals surface area contributed by atoms with Crippen molar-refractivity contribution in [1.29, 1.82) is 0 Å². The highest BCUT2D eigenvalue weighted by molar-refractivity contribution is 7.11. The van der Waals surface area contributed by atoms with Crippen LogP contribution in [0.2, 0.25) is 0 Å². The highest BCUT2D eigenvalue weighted by Crippen LogP contribution is 2.25. The summed E-state index contributed by atoms with van der Waals surface area (Å²) in [6.45, 7) is 4.09. The van der Waals surface area contributed by atoms with Crippen LogP contribution >= 0.6 is 11.3 Å². The number of hydrogen-bond acceptors (Lipinski definition) is 9. The second-order valence-corrected chi connectivity index (χ2v) is 6.96. The van der Waals surface area contributed by atoms with Crippen LogP contribution in [0.5, 0.6) is 0 Å². The Bertz CT molecular complexity index is 650. The zero-order chi connectivity index (χ0) is 20.0. The Balaban J connectivity index is 2.92. The third-order valence-corrected chi connectivity index (χ3v) is 4.62. The van der Waals surface area contributed by atoms with Gasteiger partial charge in [0, 0.05) is 0 Å². The van der Waals surface area contributed by atoms with Crippen LogP contribution in [0, 0.1) is 0 Å². The number of primary amides is 1. The first-order chi connectivity index (χ1) is 12.0. The fourth-order valence-electron chi connectivity index (χ4n) is 2.03. The van der Waals surface area contributed by atoms with Gasteiger partial charge in [0.05, 0.1) is 30.7 Å². The van der Waals surface area contributed by atoms with Crippen molar-refractivity contribution in [2.24, 2.45) is 11.5 Å². The van der Waals surface area contributed by atoms with Crippen LogP contribution in [-0.2, 0) is 9.59 Å². The topological polar surface area (TPSA) is 194 Å². The van der Waals surface area contributed by atoms with Gasteiger partial charge in [-0.25, -0.2) is 4.79 Å². The summed E-state index contributed by atoms with van der Waals surface area (Å²) >= 11 is 1.02. The molecule has 1 rings (SSSR count). The van der Waals surface area contributed by atoms with Crippen LogP contribution in [0.25, 0.3) is 0 Å². The molecule has 8 N–H and O–H groups in total. The van der Waals surface area contributed by atoms with Gasteiger partial charge in [-0.3, -0.25) is 9.59 Å². The van der Waals surface area contributed by atoms with Gasteiger partial charge in [-0.2, -0.15) is 0 Å². The van der Waals surface area contributed by atoms with Gasteiger partial charge >= 0.3 is 6.03 Å². The van der Waals surface area contributed by atoms with E-state index in [0.29, 0.717) is 5.01 Å².